The molecule has 0 aliphatic carbocycles. The second kappa shape index (κ2) is 7.70. The molecule has 1 saturated heterocycles. The van der Waals surface area contributed by atoms with Crippen LogP contribution in [0.25, 0.3) is 11.5 Å². The van der Waals surface area contributed by atoms with Crippen molar-refractivity contribution in [2.75, 3.05) is 26.8 Å². The molecule has 1 aliphatic heterocycles. The second-order valence-corrected chi connectivity index (χ2v) is 8.21. The standard InChI is InChI=1S/C20H23N3O2S/c1-14-8-9-17(26-14)11-23-10-16(13-24-2)18(12-23)20-22-21-19(25-20)15-6-4-3-5-7-15/h3-9,16,18H,10-13H2,1-2H3/t16-,18+/m0/s1. The summed E-state index contributed by atoms with van der Waals surface area (Å²) in [5, 5.41) is 8.62. The summed E-state index contributed by atoms with van der Waals surface area (Å²) in [6.07, 6.45) is 0. The van der Waals surface area contributed by atoms with E-state index in [1.54, 1.807) is 7.11 Å². The van der Waals surface area contributed by atoms with E-state index in [0.717, 1.165) is 31.1 Å². The lowest BCUT2D eigenvalue weighted by atomic mass is 9.97. The summed E-state index contributed by atoms with van der Waals surface area (Å²) in [7, 11) is 1.76. The molecule has 5 nitrogen and oxygen atoms in total. The molecule has 3 aromatic rings. The zero-order valence-corrected chi connectivity index (χ0v) is 15.9. The minimum absolute atomic E-state index is 0.209. The summed E-state index contributed by atoms with van der Waals surface area (Å²) in [6.45, 7) is 5.72. The van der Waals surface area contributed by atoms with E-state index in [-0.39, 0.29) is 5.92 Å². The smallest absolute Gasteiger partial charge is 0.247 e. The maximum Gasteiger partial charge on any atom is 0.247 e. The van der Waals surface area contributed by atoms with Crippen LogP contribution in [-0.4, -0.2) is 41.9 Å². The van der Waals surface area contributed by atoms with Gasteiger partial charge in [-0.15, -0.1) is 21.5 Å². The van der Waals surface area contributed by atoms with Crippen molar-refractivity contribution < 1.29 is 9.15 Å². The van der Waals surface area contributed by atoms with Gasteiger partial charge in [0.1, 0.15) is 0 Å². The molecule has 0 spiro atoms. The molecule has 3 heterocycles. The van der Waals surface area contributed by atoms with Crippen molar-refractivity contribution in [1.82, 2.24) is 15.1 Å². The Bertz CT molecular complexity index is 846. The molecule has 0 N–H and O–H groups in total. The molecule has 0 unspecified atom stereocenters. The Labute approximate surface area is 157 Å². The molecule has 1 fully saturated rings. The number of nitrogens with zero attached hydrogens (tertiary/aromatic N) is 3. The van der Waals surface area contributed by atoms with E-state index < -0.39 is 0 Å². The van der Waals surface area contributed by atoms with Crippen LogP contribution in [0.4, 0.5) is 0 Å². The van der Waals surface area contributed by atoms with Crippen molar-refractivity contribution in [3.8, 4) is 11.5 Å². The third-order valence-corrected chi connectivity index (χ3v) is 5.84. The van der Waals surface area contributed by atoms with E-state index in [9.17, 15) is 0 Å². The third kappa shape index (κ3) is 3.72. The lowest BCUT2D eigenvalue weighted by Crippen LogP contribution is -2.20. The number of hydrogen-bond acceptors (Lipinski definition) is 6. The van der Waals surface area contributed by atoms with E-state index in [4.69, 9.17) is 9.15 Å². The van der Waals surface area contributed by atoms with Crippen LogP contribution in [-0.2, 0) is 11.3 Å². The molecule has 2 atom stereocenters. The number of ether oxygens (including phenoxy) is 1. The van der Waals surface area contributed by atoms with E-state index in [1.807, 2.05) is 41.7 Å². The molecular formula is C20H23N3O2S. The highest BCUT2D eigenvalue weighted by Crippen LogP contribution is 2.34. The number of benzene rings is 1. The van der Waals surface area contributed by atoms with Gasteiger partial charge < -0.3 is 9.15 Å². The Balaban J connectivity index is 1.51. The van der Waals surface area contributed by atoms with Crippen LogP contribution in [0.3, 0.4) is 0 Å². The van der Waals surface area contributed by atoms with Crippen LogP contribution in [0.1, 0.15) is 21.6 Å². The Morgan fingerprint density at radius 2 is 2.00 bits per heavy atom. The van der Waals surface area contributed by atoms with Crippen molar-refractivity contribution in [1.29, 1.82) is 0 Å². The Morgan fingerprint density at radius 3 is 2.73 bits per heavy atom. The van der Waals surface area contributed by atoms with Crippen LogP contribution in [0.15, 0.2) is 46.9 Å². The summed E-state index contributed by atoms with van der Waals surface area (Å²) < 4.78 is 11.5. The fourth-order valence-electron chi connectivity index (χ4n) is 3.62. The Hall–Kier alpha value is -2.02. The molecule has 1 aliphatic rings. The van der Waals surface area contributed by atoms with Gasteiger partial charge in [-0.2, -0.15) is 0 Å². The molecule has 0 amide bonds. The Kier molecular flexibility index (Phi) is 5.15. The largest absolute Gasteiger partial charge is 0.420 e. The minimum Gasteiger partial charge on any atom is -0.420 e. The van der Waals surface area contributed by atoms with Gasteiger partial charge in [0.05, 0.1) is 12.5 Å². The van der Waals surface area contributed by atoms with Gasteiger partial charge in [0.25, 0.3) is 0 Å². The number of rotatable bonds is 6. The molecular weight excluding hydrogens is 346 g/mol. The highest BCUT2D eigenvalue weighted by atomic mass is 32.1. The maximum absolute atomic E-state index is 6.03. The average Bonchev–Trinajstić information content (AvgIpc) is 3.37. The first-order valence-electron chi connectivity index (χ1n) is 8.88. The second-order valence-electron chi connectivity index (χ2n) is 6.84. The van der Waals surface area contributed by atoms with Crippen molar-refractivity contribution in [2.45, 2.75) is 19.4 Å². The molecule has 0 radical (unpaired) electrons. The number of aryl methyl sites for hydroxylation is 1. The summed E-state index contributed by atoms with van der Waals surface area (Å²) >= 11 is 1.86. The van der Waals surface area contributed by atoms with Gasteiger partial charge in [-0.3, -0.25) is 4.90 Å². The van der Waals surface area contributed by atoms with Crippen LogP contribution < -0.4 is 0 Å². The van der Waals surface area contributed by atoms with Crippen molar-refractivity contribution in [2.24, 2.45) is 5.92 Å². The van der Waals surface area contributed by atoms with Crippen molar-refractivity contribution >= 4 is 11.3 Å². The molecule has 0 saturated carbocycles. The summed E-state index contributed by atoms with van der Waals surface area (Å²) in [4.78, 5) is 5.22. The van der Waals surface area contributed by atoms with E-state index in [2.05, 4.69) is 34.2 Å². The topological polar surface area (TPSA) is 51.4 Å². The molecule has 6 heteroatoms. The predicted octanol–water partition coefficient (Wildman–Crippen LogP) is 3.97. The first kappa shape index (κ1) is 17.4. The Morgan fingerprint density at radius 1 is 1.15 bits per heavy atom. The highest BCUT2D eigenvalue weighted by Gasteiger charge is 2.37. The normalized spacial score (nSPS) is 20.7. The van der Waals surface area contributed by atoms with E-state index in [0.29, 0.717) is 18.4 Å². The quantitative estimate of drug-likeness (QED) is 0.658. The highest BCUT2D eigenvalue weighted by molar-refractivity contribution is 7.11. The van der Waals surface area contributed by atoms with Gasteiger partial charge in [0.2, 0.25) is 11.8 Å². The summed E-state index contributed by atoms with van der Waals surface area (Å²) in [6, 6.07) is 14.3. The molecule has 136 valence electrons. The van der Waals surface area contributed by atoms with E-state index >= 15 is 0 Å². The lowest BCUT2D eigenvalue weighted by Gasteiger charge is -2.14. The predicted molar refractivity (Wildman–Crippen MR) is 102 cm³/mol. The number of hydrogen-bond donors (Lipinski definition) is 0. The zero-order valence-electron chi connectivity index (χ0n) is 15.1. The number of methoxy groups -OCH3 is 1. The number of likely N-dealkylation sites (tertiary alicyclic amines) is 1. The summed E-state index contributed by atoms with van der Waals surface area (Å²) in [5.41, 5.74) is 0.957. The first-order valence-corrected chi connectivity index (χ1v) is 9.70. The fourth-order valence-corrected chi connectivity index (χ4v) is 4.56. The van der Waals surface area contributed by atoms with Gasteiger partial charge in [-0.1, -0.05) is 18.2 Å². The molecule has 1 aromatic carbocycles. The SMILES string of the molecule is COC[C@@H]1CN(Cc2ccc(C)s2)C[C@H]1c1nnc(-c2ccccc2)o1. The molecule has 26 heavy (non-hydrogen) atoms. The van der Waals surface area contributed by atoms with Crippen LogP contribution >= 0.6 is 11.3 Å². The summed E-state index contributed by atoms with van der Waals surface area (Å²) in [5.74, 6) is 1.88. The average molecular weight is 369 g/mol. The van der Waals surface area contributed by atoms with Crippen molar-refractivity contribution in [3.05, 3.63) is 58.1 Å². The van der Waals surface area contributed by atoms with Gasteiger partial charge in [0.15, 0.2) is 0 Å². The fraction of sp³-hybridized carbons (Fsp3) is 0.400. The van der Waals surface area contributed by atoms with Crippen LogP contribution in [0.2, 0.25) is 0 Å². The third-order valence-electron chi connectivity index (χ3n) is 4.85. The van der Waals surface area contributed by atoms with Crippen molar-refractivity contribution in [3.63, 3.8) is 0 Å². The molecule has 0 bridgehead atoms. The zero-order chi connectivity index (χ0) is 17.9. The monoisotopic (exact) mass is 369 g/mol. The lowest BCUT2D eigenvalue weighted by molar-refractivity contribution is 0.144. The molecule has 4 rings (SSSR count). The van der Waals surface area contributed by atoms with Gasteiger partial charge >= 0.3 is 0 Å². The van der Waals surface area contributed by atoms with Gasteiger partial charge in [-0.25, -0.2) is 0 Å². The van der Waals surface area contributed by atoms with Crippen LogP contribution in [0, 0.1) is 12.8 Å². The van der Waals surface area contributed by atoms with Crippen LogP contribution in [0.5, 0.6) is 0 Å². The van der Waals surface area contributed by atoms with Gasteiger partial charge in [0, 0.05) is 48.0 Å². The first-order chi connectivity index (χ1) is 12.7. The minimum atomic E-state index is 0.209. The number of thiophene rings is 1. The maximum atomic E-state index is 6.03. The van der Waals surface area contributed by atoms with E-state index in [1.165, 1.54) is 9.75 Å². The van der Waals surface area contributed by atoms with Gasteiger partial charge in [-0.05, 0) is 31.2 Å². The molecule has 2 aromatic heterocycles. The number of aromatic nitrogens is 2.